The Morgan fingerprint density at radius 2 is 2.09 bits per heavy atom. The van der Waals surface area contributed by atoms with Crippen molar-refractivity contribution < 1.29 is 10.2 Å². The standard InChI is InChI=1S/C18H19Cl2NO2/c1-3-5-16(15-8-7-14(19)10-17(15)20)18(23,12(2)22)13-6-4-9-21-11-13/h3-4,6-12,16,22-23H,1,5H2,2H3. The second-order valence-electron chi connectivity index (χ2n) is 5.49. The molecule has 3 nitrogen and oxygen atoms in total. The first-order valence-corrected chi connectivity index (χ1v) is 8.03. The van der Waals surface area contributed by atoms with E-state index in [4.69, 9.17) is 23.2 Å². The highest BCUT2D eigenvalue weighted by Gasteiger charge is 2.44. The Hall–Kier alpha value is -1.39. The summed E-state index contributed by atoms with van der Waals surface area (Å²) >= 11 is 12.3. The molecule has 2 rings (SSSR count). The second kappa shape index (κ2) is 7.45. The summed E-state index contributed by atoms with van der Waals surface area (Å²) in [4.78, 5) is 4.05. The van der Waals surface area contributed by atoms with Crippen LogP contribution < -0.4 is 0 Å². The van der Waals surface area contributed by atoms with Crippen LogP contribution in [0.25, 0.3) is 0 Å². The molecular weight excluding hydrogens is 333 g/mol. The van der Waals surface area contributed by atoms with Gasteiger partial charge in [-0.2, -0.15) is 0 Å². The van der Waals surface area contributed by atoms with Crippen LogP contribution in [0.1, 0.15) is 30.4 Å². The highest BCUT2D eigenvalue weighted by Crippen LogP contribution is 2.44. The van der Waals surface area contributed by atoms with Gasteiger partial charge in [0.2, 0.25) is 0 Å². The number of allylic oxidation sites excluding steroid dienone is 1. The normalized spacial score (nSPS) is 16.4. The highest BCUT2D eigenvalue weighted by molar-refractivity contribution is 6.35. The lowest BCUT2D eigenvalue weighted by molar-refractivity contribution is -0.0912. The molecule has 0 aliphatic heterocycles. The summed E-state index contributed by atoms with van der Waals surface area (Å²) in [5, 5.41) is 22.7. The molecule has 0 amide bonds. The van der Waals surface area contributed by atoms with Crippen LogP contribution in [0.15, 0.2) is 55.4 Å². The molecule has 23 heavy (non-hydrogen) atoms. The Balaban J connectivity index is 2.62. The van der Waals surface area contributed by atoms with Crippen molar-refractivity contribution in [1.29, 1.82) is 0 Å². The zero-order chi connectivity index (χ0) is 17.0. The minimum absolute atomic E-state index is 0.428. The van der Waals surface area contributed by atoms with E-state index in [9.17, 15) is 10.2 Å². The Bertz CT molecular complexity index is 676. The van der Waals surface area contributed by atoms with Gasteiger partial charge in [-0.25, -0.2) is 0 Å². The molecule has 2 N–H and O–H groups in total. The lowest BCUT2D eigenvalue weighted by Crippen LogP contribution is -2.43. The van der Waals surface area contributed by atoms with Crippen molar-refractivity contribution >= 4 is 23.2 Å². The molecule has 1 aromatic heterocycles. The summed E-state index contributed by atoms with van der Waals surface area (Å²) in [5.74, 6) is -0.492. The summed E-state index contributed by atoms with van der Waals surface area (Å²) in [5.41, 5.74) is -0.337. The van der Waals surface area contributed by atoms with Crippen molar-refractivity contribution in [3.05, 3.63) is 76.6 Å². The van der Waals surface area contributed by atoms with Crippen molar-refractivity contribution in [1.82, 2.24) is 4.98 Å². The van der Waals surface area contributed by atoms with E-state index in [2.05, 4.69) is 11.6 Å². The Labute approximate surface area is 146 Å². The van der Waals surface area contributed by atoms with E-state index in [1.807, 2.05) is 0 Å². The number of benzene rings is 1. The van der Waals surface area contributed by atoms with Crippen LogP contribution in [0.3, 0.4) is 0 Å². The quantitative estimate of drug-likeness (QED) is 0.762. The minimum atomic E-state index is -1.56. The predicted octanol–water partition coefficient (Wildman–Crippen LogP) is 4.32. The molecule has 0 saturated carbocycles. The molecule has 1 heterocycles. The number of hydrogen-bond acceptors (Lipinski definition) is 3. The van der Waals surface area contributed by atoms with E-state index in [-0.39, 0.29) is 0 Å². The summed E-state index contributed by atoms with van der Waals surface area (Å²) in [6, 6.07) is 8.56. The molecule has 2 aromatic rings. The van der Waals surface area contributed by atoms with E-state index in [1.165, 1.54) is 0 Å². The molecule has 1 aromatic carbocycles. The van der Waals surface area contributed by atoms with E-state index < -0.39 is 17.6 Å². The van der Waals surface area contributed by atoms with Gasteiger partial charge in [0, 0.05) is 33.9 Å². The van der Waals surface area contributed by atoms with E-state index in [1.54, 1.807) is 55.7 Å². The third-order valence-corrected chi connectivity index (χ3v) is 4.59. The maximum absolute atomic E-state index is 11.4. The number of rotatable bonds is 6. The zero-order valence-corrected chi connectivity index (χ0v) is 14.3. The van der Waals surface area contributed by atoms with E-state index >= 15 is 0 Å². The van der Waals surface area contributed by atoms with Crippen molar-refractivity contribution in [2.24, 2.45) is 0 Å². The zero-order valence-electron chi connectivity index (χ0n) is 12.8. The van der Waals surface area contributed by atoms with Gasteiger partial charge in [0.25, 0.3) is 0 Å². The largest absolute Gasteiger partial charge is 0.390 e. The highest BCUT2D eigenvalue weighted by atomic mass is 35.5. The Morgan fingerprint density at radius 1 is 1.35 bits per heavy atom. The smallest absolute Gasteiger partial charge is 0.124 e. The maximum atomic E-state index is 11.4. The molecule has 5 heteroatoms. The lowest BCUT2D eigenvalue weighted by Gasteiger charge is -2.39. The van der Waals surface area contributed by atoms with Crippen LogP contribution in [-0.4, -0.2) is 21.3 Å². The molecule has 0 spiro atoms. The summed E-state index contributed by atoms with van der Waals surface area (Å²) < 4.78 is 0. The van der Waals surface area contributed by atoms with E-state index in [0.29, 0.717) is 27.6 Å². The molecule has 0 aliphatic carbocycles. The van der Waals surface area contributed by atoms with Crippen molar-refractivity contribution in [2.75, 3.05) is 0 Å². The first kappa shape index (κ1) is 18.0. The average Bonchev–Trinajstić information content (AvgIpc) is 2.53. The van der Waals surface area contributed by atoms with Crippen LogP contribution in [0.4, 0.5) is 0 Å². The third-order valence-electron chi connectivity index (χ3n) is 4.03. The first-order valence-electron chi connectivity index (χ1n) is 7.28. The fraction of sp³-hybridized carbons (Fsp3) is 0.278. The van der Waals surface area contributed by atoms with Crippen LogP contribution in [0.2, 0.25) is 10.0 Å². The number of nitrogens with zero attached hydrogens (tertiary/aromatic N) is 1. The van der Waals surface area contributed by atoms with Gasteiger partial charge in [-0.3, -0.25) is 4.98 Å². The molecule has 122 valence electrons. The molecule has 0 saturated heterocycles. The van der Waals surface area contributed by atoms with Gasteiger partial charge in [-0.1, -0.05) is 41.4 Å². The summed E-state index contributed by atoms with van der Waals surface area (Å²) in [7, 11) is 0. The molecule has 0 aliphatic rings. The summed E-state index contributed by atoms with van der Waals surface area (Å²) in [6.45, 7) is 5.31. The van der Waals surface area contributed by atoms with Gasteiger partial charge in [0.15, 0.2) is 0 Å². The van der Waals surface area contributed by atoms with Gasteiger partial charge in [-0.15, -0.1) is 6.58 Å². The number of aliphatic hydroxyl groups is 2. The first-order chi connectivity index (χ1) is 10.9. The second-order valence-corrected chi connectivity index (χ2v) is 6.33. The average molecular weight is 352 g/mol. The monoisotopic (exact) mass is 351 g/mol. The summed E-state index contributed by atoms with van der Waals surface area (Å²) in [6.07, 6.45) is 4.25. The molecule has 3 atom stereocenters. The number of halogens is 2. The van der Waals surface area contributed by atoms with Gasteiger partial charge in [0.1, 0.15) is 5.60 Å². The topological polar surface area (TPSA) is 53.4 Å². The van der Waals surface area contributed by atoms with Gasteiger partial charge in [0.05, 0.1) is 6.10 Å². The van der Waals surface area contributed by atoms with Crippen LogP contribution in [-0.2, 0) is 5.60 Å². The number of aliphatic hydroxyl groups excluding tert-OH is 1. The van der Waals surface area contributed by atoms with Crippen molar-refractivity contribution in [3.63, 3.8) is 0 Å². The Kier molecular flexibility index (Phi) is 5.82. The van der Waals surface area contributed by atoms with Gasteiger partial charge in [-0.05, 0) is 37.1 Å². The van der Waals surface area contributed by atoms with E-state index in [0.717, 1.165) is 0 Å². The fourth-order valence-corrected chi connectivity index (χ4v) is 3.37. The SMILES string of the molecule is C=CCC(c1ccc(Cl)cc1Cl)C(O)(c1cccnc1)C(C)O. The molecule has 0 bridgehead atoms. The van der Waals surface area contributed by atoms with Crippen molar-refractivity contribution in [2.45, 2.75) is 31.0 Å². The number of aromatic nitrogens is 1. The fourth-order valence-electron chi connectivity index (χ4n) is 2.83. The maximum Gasteiger partial charge on any atom is 0.124 e. The van der Waals surface area contributed by atoms with Gasteiger partial charge < -0.3 is 10.2 Å². The number of hydrogen-bond donors (Lipinski definition) is 2. The van der Waals surface area contributed by atoms with Crippen LogP contribution in [0.5, 0.6) is 0 Å². The third kappa shape index (κ3) is 3.59. The molecule has 0 fully saturated rings. The minimum Gasteiger partial charge on any atom is -0.390 e. The lowest BCUT2D eigenvalue weighted by atomic mass is 9.73. The van der Waals surface area contributed by atoms with Crippen LogP contribution >= 0.6 is 23.2 Å². The molecule has 3 unspecified atom stereocenters. The Morgan fingerprint density at radius 3 is 2.61 bits per heavy atom. The molecule has 0 radical (unpaired) electrons. The predicted molar refractivity (Wildman–Crippen MR) is 93.8 cm³/mol. The number of pyridine rings is 1. The van der Waals surface area contributed by atoms with Crippen LogP contribution in [0, 0.1) is 0 Å². The van der Waals surface area contributed by atoms with Crippen molar-refractivity contribution in [3.8, 4) is 0 Å². The van der Waals surface area contributed by atoms with Gasteiger partial charge >= 0.3 is 0 Å². The molecular formula is C18H19Cl2NO2.